The van der Waals surface area contributed by atoms with Crippen molar-refractivity contribution in [3.63, 3.8) is 0 Å². The summed E-state index contributed by atoms with van der Waals surface area (Å²) in [5.41, 5.74) is 0.308. The van der Waals surface area contributed by atoms with Crippen molar-refractivity contribution in [3.05, 3.63) is 23.9 Å². The Morgan fingerprint density at radius 3 is 2.71 bits per heavy atom. The molecule has 0 saturated carbocycles. The molecule has 0 aliphatic heterocycles. The van der Waals surface area contributed by atoms with Crippen molar-refractivity contribution < 1.29 is 19.1 Å². The van der Waals surface area contributed by atoms with E-state index >= 15 is 0 Å². The van der Waals surface area contributed by atoms with Crippen LogP contribution in [0.25, 0.3) is 0 Å². The van der Waals surface area contributed by atoms with Crippen LogP contribution < -0.4 is 4.74 Å². The van der Waals surface area contributed by atoms with Gasteiger partial charge in [-0.3, -0.25) is 9.59 Å². The smallest absolute Gasteiger partial charge is 0.313 e. The monoisotopic (exact) mass is 237 g/mol. The van der Waals surface area contributed by atoms with Gasteiger partial charge in [0, 0.05) is 6.20 Å². The molecule has 0 aromatic carbocycles. The first-order valence-electron chi connectivity index (χ1n) is 5.45. The largest absolute Gasteiger partial charge is 0.477 e. The van der Waals surface area contributed by atoms with Gasteiger partial charge in [0.05, 0.1) is 18.8 Å². The highest BCUT2D eigenvalue weighted by Gasteiger charge is 2.17. The summed E-state index contributed by atoms with van der Waals surface area (Å²) in [7, 11) is 0. The lowest BCUT2D eigenvalue weighted by Crippen LogP contribution is -2.13. The second-order valence-corrected chi connectivity index (χ2v) is 3.19. The fourth-order valence-corrected chi connectivity index (χ4v) is 1.29. The van der Waals surface area contributed by atoms with Gasteiger partial charge in [-0.1, -0.05) is 0 Å². The van der Waals surface area contributed by atoms with Crippen LogP contribution in [0.1, 0.15) is 30.6 Å². The molecular weight excluding hydrogens is 222 g/mol. The number of rotatable bonds is 6. The van der Waals surface area contributed by atoms with Gasteiger partial charge < -0.3 is 9.47 Å². The average molecular weight is 237 g/mol. The van der Waals surface area contributed by atoms with E-state index in [4.69, 9.17) is 9.47 Å². The molecular formula is C12H15NO4. The third-order valence-corrected chi connectivity index (χ3v) is 1.96. The molecule has 1 heterocycles. The number of carbonyl (C=O) groups excluding carboxylic acids is 2. The van der Waals surface area contributed by atoms with Crippen molar-refractivity contribution >= 4 is 11.8 Å². The maximum Gasteiger partial charge on any atom is 0.313 e. The molecule has 0 saturated heterocycles. The molecule has 0 atom stereocenters. The van der Waals surface area contributed by atoms with Crippen LogP contribution in [0.3, 0.4) is 0 Å². The average Bonchev–Trinajstić information content (AvgIpc) is 2.30. The topological polar surface area (TPSA) is 65.5 Å². The molecule has 1 aromatic heterocycles. The van der Waals surface area contributed by atoms with Crippen molar-refractivity contribution in [2.45, 2.75) is 20.3 Å². The van der Waals surface area contributed by atoms with Gasteiger partial charge in [-0.05, 0) is 26.0 Å². The van der Waals surface area contributed by atoms with Crippen LogP contribution in [0.4, 0.5) is 0 Å². The summed E-state index contributed by atoms with van der Waals surface area (Å²) in [4.78, 5) is 26.9. The summed E-state index contributed by atoms with van der Waals surface area (Å²) in [5, 5.41) is 0. The number of pyridine rings is 1. The van der Waals surface area contributed by atoms with E-state index in [1.54, 1.807) is 26.0 Å². The fourth-order valence-electron chi connectivity index (χ4n) is 1.29. The summed E-state index contributed by atoms with van der Waals surface area (Å²) in [5.74, 6) is -0.631. The first-order valence-corrected chi connectivity index (χ1v) is 5.45. The number of nitrogens with zero attached hydrogens (tertiary/aromatic N) is 1. The number of hydrogen-bond acceptors (Lipinski definition) is 5. The van der Waals surface area contributed by atoms with Gasteiger partial charge in [0.1, 0.15) is 6.42 Å². The molecule has 0 unspecified atom stereocenters. The van der Waals surface area contributed by atoms with Crippen molar-refractivity contribution in [1.29, 1.82) is 0 Å². The molecule has 17 heavy (non-hydrogen) atoms. The number of ketones is 1. The van der Waals surface area contributed by atoms with Gasteiger partial charge in [-0.2, -0.15) is 0 Å². The van der Waals surface area contributed by atoms with Gasteiger partial charge in [-0.15, -0.1) is 0 Å². The van der Waals surface area contributed by atoms with E-state index in [0.717, 1.165) is 0 Å². The third kappa shape index (κ3) is 3.86. The number of ether oxygens (including phenoxy) is 2. The first kappa shape index (κ1) is 13.2. The van der Waals surface area contributed by atoms with Gasteiger partial charge >= 0.3 is 5.97 Å². The molecule has 0 amide bonds. The minimum absolute atomic E-state index is 0.254. The summed E-state index contributed by atoms with van der Waals surface area (Å²) in [6, 6.07) is 3.21. The maximum absolute atomic E-state index is 11.8. The Labute approximate surface area is 99.8 Å². The molecule has 0 bridgehead atoms. The lowest BCUT2D eigenvalue weighted by molar-refractivity contribution is -0.141. The Morgan fingerprint density at radius 1 is 1.29 bits per heavy atom. The molecule has 5 nitrogen and oxygen atoms in total. The van der Waals surface area contributed by atoms with Gasteiger partial charge in [0.25, 0.3) is 0 Å². The molecule has 92 valence electrons. The standard InChI is InChI=1S/C12H15NO4/c1-3-16-11(15)8-10(14)9-6-5-7-13-12(9)17-4-2/h5-7H,3-4,8H2,1-2H3. The fraction of sp³-hybridized carbons (Fsp3) is 0.417. The van der Waals surface area contributed by atoms with E-state index in [2.05, 4.69) is 4.98 Å². The number of esters is 1. The van der Waals surface area contributed by atoms with Gasteiger partial charge in [-0.25, -0.2) is 4.98 Å². The van der Waals surface area contributed by atoms with Crippen LogP contribution in [0.5, 0.6) is 5.88 Å². The Balaban J connectivity index is 2.77. The van der Waals surface area contributed by atoms with Crippen LogP contribution in [0.15, 0.2) is 18.3 Å². The maximum atomic E-state index is 11.8. The Kier molecular flexibility index (Phi) is 5.13. The van der Waals surface area contributed by atoms with Crippen LogP contribution >= 0.6 is 0 Å². The number of hydrogen-bond donors (Lipinski definition) is 0. The second-order valence-electron chi connectivity index (χ2n) is 3.19. The van der Waals surface area contributed by atoms with Gasteiger partial charge in [0.2, 0.25) is 5.88 Å². The van der Waals surface area contributed by atoms with Crippen LogP contribution in [-0.4, -0.2) is 30.0 Å². The van der Waals surface area contributed by atoms with E-state index in [9.17, 15) is 9.59 Å². The third-order valence-electron chi connectivity index (χ3n) is 1.96. The van der Waals surface area contributed by atoms with Crippen LogP contribution in [0, 0.1) is 0 Å². The summed E-state index contributed by atoms with van der Waals surface area (Å²) >= 11 is 0. The SMILES string of the molecule is CCOC(=O)CC(=O)c1cccnc1OCC. The second kappa shape index (κ2) is 6.62. The highest BCUT2D eigenvalue weighted by atomic mass is 16.5. The summed E-state index contributed by atoms with van der Waals surface area (Å²) < 4.78 is 9.93. The normalized spacial score (nSPS) is 9.76. The number of carbonyl (C=O) groups is 2. The van der Waals surface area contributed by atoms with Crippen molar-refractivity contribution in [2.24, 2.45) is 0 Å². The number of aromatic nitrogens is 1. The summed E-state index contributed by atoms with van der Waals surface area (Å²) in [6.45, 7) is 4.17. The molecule has 0 aliphatic carbocycles. The predicted molar refractivity (Wildman–Crippen MR) is 61.0 cm³/mol. The van der Waals surface area contributed by atoms with Crippen LogP contribution in [-0.2, 0) is 9.53 Å². The Morgan fingerprint density at radius 2 is 2.06 bits per heavy atom. The molecule has 1 rings (SSSR count). The van der Waals surface area contributed by atoms with E-state index in [-0.39, 0.29) is 24.7 Å². The first-order chi connectivity index (χ1) is 8.19. The quantitative estimate of drug-likeness (QED) is 0.427. The zero-order valence-electron chi connectivity index (χ0n) is 9.93. The number of Topliss-reactive ketones (excluding diaryl/α,β-unsaturated/α-hetero) is 1. The molecule has 1 aromatic rings. The predicted octanol–water partition coefficient (Wildman–Crippen LogP) is 1.62. The molecule has 0 N–H and O–H groups in total. The molecule has 0 aliphatic rings. The molecule has 0 fully saturated rings. The zero-order valence-corrected chi connectivity index (χ0v) is 9.93. The molecule has 0 radical (unpaired) electrons. The molecule has 5 heteroatoms. The van der Waals surface area contributed by atoms with Crippen molar-refractivity contribution in [1.82, 2.24) is 4.98 Å². The minimum Gasteiger partial charge on any atom is -0.477 e. The lowest BCUT2D eigenvalue weighted by atomic mass is 10.1. The minimum atomic E-state index is -0.538. The van der Waals surface area contributed by atoms with E-state index in [0.29, 0.717) is 12.2 Å². The van der Waals surface area contributed by atoms with Crippen molar-refractivity contribution in [2.75, 3.05) is 13.2 Å². The van der Waals surface area contributed by atoms with Crippen LogP contribution in [0.2, 0.25) is 0 Å². The highest BCUT2D eigenvalue weighted by molar-refractivity contribution is 6.07. The van der Waals surface area contributed by atoms with E-state index < -0.39 is 5.97 Å². The lowest BCUT2D eigenvalue weighted by Gasteiger charge is -2.07. The zero-order chi connectivity index (χ0) is 12.7. The Hall–Kier alpha value is -1.91. The molecule has 0 spiro atoms. The van der Waals surface area contributed by atoms with Gasteiger partial charge in [0.15, 0.2) is 5.78 Å². The van der Waals surface area contributed by atoms with E-state index in [1.807, 2.05) is 0 Å². The van der Waals surface area contributed by atoms with E-state index in [1.165, 1.54) is 6.20 Å². The highest BCUT2D eigenvalue weighted by Crippen LogP contribution is 2.16. The van der Waals surface area contributed by atoms with Crippen molar-refractivity contribution in [3.8, 4) is 5.88 Å². The Bertz CT molecular complexity index is 403. The summed E-state index contributed by atoms with van der Waals surface area (Å²) in [6.07, 6.45) is 1.24.